The van der Waals surface area contributed by atoms with Gasteiger partial charge in [0.15, 0.2) is 0 Å². The minimum absolute atomic E-state index is 0.186. The highest BCUT2D eigenvalue weighted by Crippen LogP contribution is 2.31. The van der Waals surface area contributed by atoms with Crippen molar-refractivity contribution >= 4 is 32.6 Å². The lowest BCUT2D eigenvalue weighted by molar-refractivity contribution is 0.287. The number of hydrogen-bond acceptors (Lipinski definition) is 7. The molecule has 0 amide bonds. The first kappa shape index (κ1) is 23.8. The SMILES string of the molecule is C#Cc1ccc2nc(Nc3cc(OCC(C)NS(=O)(=O)C4CC4)cc(-c4cnn(C)c4)c3)ncc2c1. The van der Waals surface area contributed by atoms with Crippen molar-refractivity contribution in [2.75, 3.05) is 11.9 Å². The molecule has 1 aliphatic carbocycles. The van der Waals surface area contributed by atoms with Crippen molar-refractivity contribution < 1.29 is 13.2 Å². The summed E-state index contributed by atoms with van der Waals surface area (Å²) in [4.78, 5) is 9.02. The molecular weight excluding hydrogens is 476 g/mol. The molecule has 1 saturated carbocycles. The van der Waals surface area contributed by atoms with Gasteiger partial charge in [0.25, 0.3) is 0 Å². The fourth-order valence-corrected chi connectivity index (χ4v) is 5.39. The van der Waals surface area contributed by atoms with Gasteiger partial charge in [-0.3, -0.25) is 4.68 Å². The van der Waals surface area contributed by atoms with Gasteiger partial charge in [0.2, 0.25) is 16.0 Å². The average molecular weight is 503 g/mol. The monoisotopic (exact) mass is 502 g/mol. The van der Waals surface area contributed by atoms with Crippen LogP contribution in [0.15, 0.2) is 55.0 Å². The van der Waals surface area contributed by atoms with Crippen molar-refractivity contribution in [3.05, 3.63) is 60.6 Å². The molecule has 0 bridgehead atoms. The number of hydrogen-bond donors (Lipinski definition) is 2. The van der Waals surface area contributed by atoms with Crippen LogP contribution in [0, 0.1) is 12.3 Å². The fraction of sp³-hybridized carbons (Fsp3) is 0.269. The number of aromatic nitrogens is 4. The number of sulfonamides is 1. The maximum Gasteiger partial charge on any atom is 0.227 e. The number of benzene rings is 2. The lowest BCUT2D eigenvalue weighted by atomic mass is 10.1. The van der Waals surface area contributed by atoms with Crippen LogP contribution < -0.4 is 14.8 Å². The molecule has 5 rings (SSSR count). The molecule has 1 unspecified atom stereocenters. The van der Waals surface area contributed by atoms with Crippen LogP contribution in [0.3, 0.4) is 0 Å². The number of rotatable bonds is 9. The van der Waals surface area contributed by atoms with Gasteiger partial charge in [-0.2, -0.15) is 5.10 Å². The number of fused-ring (bicyclic) bond motifs is 1. The Balaban J connectivity index is 1.38. The first-order valence-corrected chi connectivity index (χ1v) is 13.1. The molecule has 9 nitrogen and oxygen atoms in total. The molecule has 0 saturated heterocycles. The van der Waals surface area contributed by atoms with E-state index in [9.17, 15) is 8.42 Å². The topological polar surface area (TPSA) is 111 Å². The zero-order valence-corrected chi connectivity index (χ0v) is 20.8. The van der Waals surface area contributed by atoms with Crippen molar-refractivity contribution in [1.29, 1.82) is 0 Å². The molecule has 0 aliphatic heterocycles. The van der Waals surface area contributed by atoms with Gasteiger partial charge < -0.3 is 10.1 Å². The Hall–Kier alpha value is -3.94. The highest BCUT2D eigenvalue weighted by atomic mass is 32.2. The summed E-state index contributed by atoms with van der Waals surface area (Å²) in [5, 5.41) is 8.09. The summed E-state index contributed by atoms with van der Waals surface area (Å²) in [6.07, 6.45) is 12.3. The van der Waals surface area contributed by atoms with Crippen molar-refractivity contribution in [1.82, 2.24) is 24.5 Å². The van der Waals surface area contributed by atoms with E-state index in [1.807, 2.05) is 49.6 Å². The fourth-order valence-electron chi connectivity index (χ4n) is 3.81. The minimum atomic E-state index is -3.29. The number of nitrogens with zero attached hydrogens (tertiary/aromatic N) is 4. The van der Waals surface area contributed by atoms with Crippen LogP contribution in [0.4, 0.5) is 11.6 Å². The van der Waals surface area contributed by atoms with E-state index < -0.39 is 10.0 Å². The third kappa shape index (κ3) is 5.48. The molecule has 2 aromatic carbocycles. The standard InChI is InChI=1S/C26H26N6O3S/c1-4-18-5-8-25-20(9-18)13-27-26(30-25)29-22-10-19(21-14-28-32(3)15-21)11-23(12-22)35-16-17(2)31-36(33,34)24-6-7-24/h1,5,8-15,17,24,31H,6-7,16H2,2-3H3,(H,27,29,30). The zero-order valence-electron chi connectivity index (χ0n) is 20.0. The minimum Gasteiger partial charge on any atom is -0.492 e. The first-order valence-electron chi connectivity index (χ1n) is 11.6. The molecule has 184 valence electrons. The Bertz CT molecular complexity index is 1570. The number of ether oxygens (including phenoxy) is 1. The number of terminal acetylenes is 1. The number of aryl methyl sites for hydroxylation is 1. The van der Waals surface area contributed by atoms with Crippen LogP contribution in [0.1, 0.15) is 25.3 Å². The Morgan fingerprint density at radius 1 is 1.19 bits per heavy atom. The second-order valence-electron chi connectivity index (χ2n) is 8.96. The highest BCUT2D eigenvalue weighted by molar-refractivity contribution is 7.90. The van der Waals surface area contributed by atoms with E-state index in [1.165, 1.54) is 0 Å². The molecule has 1 atom stereocenters. The zero-order chi connectivity index (χ0) is 25.3. The van der Waals surface area contributed by atoms with Gasteiger partial charge in [-0.05, 0) is 55.7 Å². The van der Waals surface area contributed by atoms with Crippen molar-refractivity contribution in [2.45, 2.75) is 31.1 Å². The van der Waals surface area contributed by atoms with Gasteiger partial charge in [0.1, 0.15) is 12.4 Å². The third-order valence-corrected chi connectivity index (χ3v) is 7.86. The largest absolute Gasteiger partial charge is 0.492 e. The molecule has 0 spiro atoms. The average Bonchev–Trinajstić information content (AvgIpc) is 3.64. The van der Waals surface area contributed by atoms with Crippen LogP contribution in [-0.2, 0) is 17.1 Å². The molecule has 10 heteroatoms. The summed E-state index contributed by atoms with van der Waals surface area (Å²) in [5.74, 6) is 3.62. The van der Waals surface area contributed by atoms with Crippen molar-refractivity contribution in [3.63, 3.8) is 0 Å². The van der Waals surface area contributed by atoms with Gasteiger partial charge in [-0.25, -0.2) is 23.1 Å². The van der Waals surface area contributed by atoms with Gasteiger partial charge in [-0.15, -0.1) is 6.42 Å². The van der Waals surface area contributed by atoms with Gasteiger partial charge in [0.05, 0.1) is 23.0 Å². The Labute approximate surface area is 210 Å². The summed E-state index contributed by atoms with van der Waals surface area (Å²) >= 11 is 0. The summed E-state index contributed by atoms with van der Waals surface area (Å²) < 4.78 is 34.9. The van der Waals surface area contributed by atoms with E-state index in [1.54, 1.807) is 24.0 Å². The Kier molecular flexibility index (Phi) is 6.35. The van der Waals surface area contributed by atoms with Crippen LogP contribution in [0.5, 0.6) is 5.75 Å². The van der Waals surface area contributed by atoms with E-state index in [4.69, 9.17) is 11.2 Å². The molecule has 1 fully saturated rings. The van der Waals surface area contributed by atoms with Crippen LogP contribution in [0.25, 0.3) is 22.0 Å². The van der Waals surface area contributed by atoms with Crippen molar-refractivity contribution in [3.8, 4) is 29.2 Å². The second kappa shape index (κ2) is 9.60. The van der Waals surface area contributed by atoms with E-state index in [0.717, 1.165) is 33.3 Å². The maximum atomic E-state index is 12.2. The quantitative estimate of drug-likeness (QED) is 0.336. The normalized spacial score (nSPS) is 14.4. The Morgan fingerprint density at radius 2 is 2.03 bits per heavy atom. The molecule has 2 aromatic heterocycles. The summed E-state index contributed by atoms with van der Waals surface area (Å²) in [7, 11) is -1.44. The predicted octanol–water partition coefficient (Wildman–Crippen LogP) is 3.60. The van der Waals surface area contributed by atoms with Gasteiger partial charge in [-0.1, -0.05) is 5.92 Å². The molecule has 4 aromatic rings. The first-order chi connectivity index (χ1) is 17.3. The Morgan fingerprint density at radius 3 is 2.75 bits per heavy atom. The maximum absolute atomic E-state index is 12.2. The molecule has 36 heavy (non-hydrogen) atoms. The van der Waals surface area contributed by atoms with Crippen molar-refractivity contribution in [2.24, 2.45) is 7.05 Å². The van der Waals surface area contributed by atoms with Gasteiger partial charge in [0, 0.05) is 47.7 Å². The highest BCUT2D eigenvalue weighted by Gasteiger charge is 2.36. The molecule has 2 heterocycles. The van der Waals surface area contributed by atoms with E-state index >= 15 is 0 Å². The summed E-state index contributed by atoms with van der Waals surface area (Å²) in [5.41, 5.74) is 4.05. The van der Waals surface area contributed by atoms with E-state index in [2.05, 4.69) is 31.0 Å². The van der Waals surface area contributed by atoms with Crippen LogP contribution >= 0.6 is 0 Å². The van der Waals surface area contributed by atoms with Crippen LogP contribution in [-0.4, -0.2) is 46.1 Å². The van der Waals surface area contributed by atoms with Gasteiger partial charge >= 0.3 is 0 Å². The summed E-state index contributed by atoms with van der Waals surface area (Å²) in [6, 6.07) is 10.9. The summed E-state index contributed by atoms with van der Waals surface area (Å²) in [6.45, 7) is 1.98. The third-order valence-electron chi connectivity index (χ3n) is 5.78. The molecule has 1 aliphatic rings. The lowest BCUT2D eigenvalue weighted by Crippen LogP contribution is -2.38. The lowest BCUT2D eigenvalue weighted by Gasteiger charge is -2.16. The second-order valence-corrected chi connectivity index (χ2v) is 11.0. The smallest absolute Gasteiger partial charge is 0.227 e. The molecular formula is C26H26N6O3S. The molecule has 2 N–H and O–H groups in total. The van der Waals surface area contributed by atoms with E-state index in [0.29, 0.717) is 24.5 Å². The van der Waals surface area contributed by atoms with E-state index in [-0.39, 0.29) is 17.9 Å². The predicted molar refractivity (Wildman–Crippen MR) is 139 cm³/mol. The molecule has 0 radical (unpaired) electrons. The number of nitrogens with one attached hydrogen (secondary N) is 2. The number of anilines is 2. The van der Waals surface area contributed by atoms with Crippen LogP contribution in [0.2, 0.25) is 0 Å².